The van der Waals surface area contributed by atoms with Crippen molar-refractivity contribution in [3.63, 3.8) is 0 Å². The molecule has 1 aliphatic rings. The van der Waals surface area contributed by atoms with Gasteiger partial charge in [0.25, 0.3) is 0 Å². The third kappa shape index (κ3) is 3.77. The van der Waals surface area contributed by atoms with E-state index in [9.17, 15) is 0 Å². The Hall–Kier alpha value is -5.57. The minimum absolute atomic E-state index is 1.17. The third-order valence-corrected chi connectivity index (χ3v) is 10.7. The molecule has 0 N–H and O–H groups in total. The SMILES string of the molecule is c1cc(-c2ccccc2-c2ccc3c4c(cccc24)-c2ccccc2S3)cc(-n2c3ccccc3c3cc4ccccc4cc32)c1. The first kappa shape index (κ1) is 25.7. The van der Waals surface area contributed by atoms with Crippen LogP contribution in [0.25, 0.3) is 82.4 Å². The highest BCUT2D eigenvalue weighted by Crippen LogP contribution is 2.50. The Balaban J connectivity index is 1.18. The van der Waals surface area contributed by atoms with Crippen LogP contribution in [0, 0.1) is 0 Å². The molecule has 8 aromatic carbocycles. The van der Waals surface area contributed by atoms with Crippen LogP contribution in [0.5, 0.6) is 0 Å². The molecule has 1 aliphatic heterocycles. The first-order valence-electron chi connectivity index (χ1n) is 15.8. The maximum atomic E-state index is 2.43. The minimum atomic E-state index is 1.17. The molecule has 214 valence electrons. The quantitative estimate of drug-likeness (QED) is 0.195. The maximum absolute atomic E-state index is 2.43. The predicted octanol–water partition coefficient (Wildman–Crippen LogP) is 12.6. The van der Waals surface area contributed by atoms with Crippen molar-refractivity contribution in [3.05, 3.63) is 164 Å². The van der Waals surface area contributed by atoms with Crippen LogP contribution >= 0.6 is 11.8 Å². The van der Waals surface area contributed by atoms with Gasteiger partial charge in [0.15, 0.2) is 0 Å². The van der Waals surface area contributed by atoms with Gasteiger partial charge in [-0.05, 0) is 92.0 Å². The molecule has 0 unspecified atom stereocenters. The summed E-state index contributed by atoms with van der Waals surface area (Å²) in [7, 11) is 0. The van der Waals surface area contributed by atoms with Gasteiger partial charge in [-0.15, -0.1) is 0 Å². The molecule has 0 aliphatic carbocycles. The van der Waals surface area contributed by atoms with Gasteiger partial charge in [-0.3, -0.25) is 0 Å². The maximum Gasteiger partial charge on any atom is 0.0547 e. The minimum Gasteiger partial charge on any atom is -0.309 e. The summed E-state index contributed by atoms with van der Waals surface area (Å²) in [5.74, 6) is 0. The van der Waals surface area contributed by atoms with Crippen molar-refractivity contribution >= 4 is 55.1 Å². The fraction of sp³-hybridized carbons (Fsp3) is 0. The number of hydrogen-bond donors (Lipinski definition) is 0. The van der Waals surface area contributed by atoms with Gasteiger partial charge in [-0.1, -0.05) is 133 Å². The van der Waals surface area contributed by atoms with Crippen LogP contribution in [0.2, 0.25) is 0 Å². The number of rotatable bonds is 3. The molecule has 0 fully saturated rings. The Labute approximate surface area is 271 Å². The van der Waals surface area contributed by atoms with E-state index in [-0.39, 0.29) is 0 Å². The number of fused-ring (bicyclic) bond motifs is 6. The summed E-state index contributed by atoms with van der Waals surface area (Å²) >= 11 is 1.88. The van der Waals surface area contributed by atoms with Crippen LogP contribution in [0.4, 0.5) is 0 Å². The summed E-state index contributed by atoms with van der Waals surface area (Å²) in [4.78, 5) is 2.65. The Morgan fingerprint density at radius 1 is 0.370 bits per heavy atom. The highest BCUT2D eigenvalue weighted by atomic mass is 32.2. The van der Waals surface area contributed by atoms with E-state index in [1.165, 1.54) is 92.2 Å². The first-order chi connectivity index (χ1) is 22.8. The lowest BCUT2D eigenvalue weighted by atomic mass is 9.89. The zero-order chi connectivity index (χ0) is 30.2. The molecule has 9 aromatic rings. The summed E-state index contributed by atoms with van der Waals surface area (Å²) in [5.41, 5.74) is 11.2. The molecule has 10 rings (SSSR count). The second-order valence-electron chi connectivity index (χ2n) is 12.1. The Kier molecular flexibility index (Phi) is 5.58. The van der Waals surface area contributed by atoms with Crippen LogP contribution in [-0.4, -0.2) is 4.57 Å². The molecular formula is C44H27NS. The summed E-state index contributed by atoms with van der Waals surface area (Å²) in [6.07, 6.45) is 0. The number of aromatic nitrogens is 1. The molecule has 0 bridgehead atoms. The number of nitrogens with zero attached hydrogens (tertiary/aromatic N) is 1. The van der Waals surface area contributed by atoms with Gasteiger partial charge in [0.2, 0.25) is 0 Å². The third-order valence-electron chi connectivity index (χ3n) is 9.57. The monoisotopic (exact) mass is 601 g/mol. The van der Waals surface area contributed by atoms with Crippen molar-refractivity contribution in [2.24, 2.45) is 0 Å². The molecule has 0 saturated heterocycles. The van der Waals surface area contributed by atoms with Gasteiger partial charge in [0.05, 0.1) is 11.0 Å². The van der Waals surface area contributed by atoms with E-state index in [2.05, 4.69) is 168 Å². The van der Waals surface area contributed by atoms with E-state index < -0.39 is 0 Å². The summed E-state index contributed by atoms with van der Waals surface area (Å²) in [5, 5.41) is 7.73. The summed E-state index contributed by atoms with van der Waals surface area (Å²) in [6.45, 7) is 0. The Bertz CT molecular complexity index is 2680. The van der Waals surface area contributed by atoms with Gasteiger partial charge >= 0.3 is 0 Å². The van der Waals surface area contributed by atoms with E-state index in [1.807, 2.05) is 11.8 Å². The second kappa shape index (κ2) is 9.97. The van der Waals surface area contributed by atoms with Gasteiger partial charge in [-0.25, -0.2) is 0 Å². The molecule has 2 heterocycles. The molecule has 46 heavy (non-hydrogen) atoms. The van der Waals surface area contributed by atoms with Crippen molar-refractivity contribution in [1.82, 2.24) is 4.57 Å². The summed E-state index contributed by atoms with van der Waals surface area (Å²) < 4.78 is 2.43. The molecule has 0 amide bonds. The zero-order valence-electron chi connectivity index (χ0n) is 24.9. The second-order valence-corrected chi connectivity index (χ2v) is 13.2. The van der Waals surface area contributed by atoms with Crippen molar-refractivity contribution in [2.45, 2.75) is 9.79 Å². The molecule has 0 radical (unpaired) electrons. The fourth-order valence-corrected chi connectivity index (χ4v) is 8.66. The van der Waals surface area contributed by atoms with Gasteiger partial charge in [-0.2, -0.15) is 0 Å². The summed E-state index contributed by atoms with van der Waals surface area (Å²) in [6, 6.07) is 60.3. The van der Waals surface area contributed by atoms with E-state index >= 15 is 0 Å². The van der Waals surface area contributed by atoms with Crippen LogP contribution < -0.4 is 0 Å². The average molecular weight is 602 g/mol. The molecule has 0 saturated carbocycles. The van der Waals surface area contributed by atoms with Crippen LogP contribution in [0.1, 0.15) is 0 Å². The lowest BCUT2D eigenvalue weighted by Gasteiger charge is -2.22. The van der Waals surface area contributed by atoms with Crippen LogP contribution in [0.3, 0.4) is 0 Å². The number of benzene rings is 8. The first-order valence-corrected chi connectivity index (χ1v) is 16.6. The fourth-order valence-electron chi connectivity index (χ4n) is 7.53. The van der Waals surface area contributed by atoms with Crippen molar-refractivity contribution < 1.29 is 0 Å². The topological polar surface area (TPSA) is 4.93 Å². The Morgan fingerprint density at radius 2 is 1.07 bits per heavy atom. The largest absolute Gasteiger partial charge is 0.309 e. The molecule has 1 nitrogen and oxygen atoms in total. The molecule has 1 aromatic heterocycles. The standard InChI is InChI=1S/C44H27NS/c1-2-12-29-27-41-39(26-28(29)11-1)35-17-5-7-21-40(35)45(41)31-14-9-13-30(25-31)32-15-3-4-16-33(32)34-23-24-43-44-37(34)19-10-20-38(44)36-18-6-8-22-42(36)46-43/h1-27H. The predicted molar refractivity (Wildman–Crippen MR) is 196 cm³/mol. The van der Waals surface area contributed by atoms with Crippen molar-refractivity contribution in [1.29, 1.82) is 0 Å². The van der Waals surface area contributed by atoms with E-state index in [0.717, 1.165) is 0 Å². The van der Waals surface area contributed by atoms with Crippen LogP contribution in [0.15, 0.2) is 174 Å². The van der Waals surface area contributed by atoms with Crippen molar-refractivity contribution in [2.75, 3.05) is 0 Å². The smallest absolute Gasteiger partial charge is 0.0547 e. The van der Waals surface area contributed by atoms with Crippen molar-refractivity contribution in [3.8, 4) is 39.1 Å². The number of hydrogen-bond acceptors (Lipinski definition) is 1. The van der Waals surface area contributed by atoms with Gasteiger partial charge < -0.3 is 4.57 Å². The van der Waals surface area contributed by atoms with E-state index in [0.29, 0.717) is 0 Å². The van der Waals surface area contributed by atoms with E-state index in [1.54, 1.807) is 0 Å². The number of para-hydroxylation sites is 1. The average Bonchev–Trinajstić information content (AvgIpc) is 3.44. The van der Waals surface area contributed by atoms with Gasteiger partial charge in [0, 0.05) is 31.6 Å². The lowest BCUT2D eigenvalue weighted by molar-refractivity contribution is 1.18. The Morgan fingerprint density at radius 3 is 1.98 bits per heavy atom. The van der Waals surface area contributed by atoms with E-state index in [4.69, 9.17) is 0 Å². The molecule has 0 spiro atoms. The molecule has 0 atom stereocenters. The molecule has 2 heteroatoms. The lowest BCUT2D eigenvalue weighted by Crippen LogP contribution is -1.96. The molecular weight excluding hydrogens is 575 g/mol. The zero-order valence-corrected chi connectivity index (χ0v) is 25.8. The van der Waals surface area contributed by atoms with Gasteiger partial charge in [0.1, 0.15) is 0 Å². The normalized spacial score (nSPS) is 12.3. The van der Waals surface area contributed by atoms with Crippen LogP contribution in [-0.2, 0) is 0 Å². The highest BCUT2D eigenvalue weighted by Gasteiger charge is 2.21. The highest BCUT2D eigenvalue weighted by molar-refractivity contribution is 7.99.